The molecule has 0 aliphatic carbocycles. The lowest BCUT2D eigenvalue weighted by atomic mass is 10.0. The molecule has 0 unspecified atom stereocenters. The van der Waals surface area contributed by atoms with Crippen molar-refractivity contribution in [2.24, 2.45) is 0 Å². The molecule has 3 rings (SSSR count). The second-order valence-corrected chi connectivity index (χ2v) is 9.43. The molecule has 7 heteroatoms. The van der Waals surface area contributed by atoms with Crippen molar-refractivity contribution in [3.05, 3.63) is 24.3 Å². The summed E-state index contributed by atoms with van der Waals surface area (Å²) in [5, 5.41) is 3.71. The quantitative estimate of drug-likeness (QED) is 0.778. The lowest BCUT2D eigenvalue weighted by molar-refractivity contribution is -0.131. The lowest BCUT2D eigenvalue weighted by Gasteiger charge is -2.33. The first-order chi connectivity index (χ1) is 13.2. The van der Waals surface area contributed by atoms with Gasteiger partial charge in [-0.1, -0.05) is 23.9 Å². The summed E-state index contributed by atoms with van der Waals surface area (Å²) in [6, 6.07) is 8.08. The van der Waals surface area contributed by atoms with Crippen molar-refractivity contribution in [1.29, 1.82) is 0 Å². The van der Waals surface area contributed by atoms with E-state index in [1.807, 2.05) is 54.5 Å². The maximum atomic E-state index is 12.7. The fourth-order valence-electron chi connectivity index (χ4n) is 3.60. The number of carbonyl (C=O) groups excluding carboxylic acids is 2. The number of hydrogen-bond acceptors (Lipinski definition) is 4. The van der Waals surface area contributed by atoms with Crippen molar-refractivity contribution < 1.29 is 9.59 Å². The highest BCUT2D eigenvalue weighted by Gasteiger charge is 2.24. The van der Waals surface area contributed by atoms with Crippen molar-refractivity contribution in [3.8, 4) is 0 Å². The molecule has 1 saturated heterocycles. The number of nitrogens with zero attached hydrogens (tertiary/aromatic N) is 3. The van der Waals surface area contributed by atoms with Gasteiger partial charge in [0.2, 0.25) is 11.8 Å². The van der Waals surface area contributed by atoms with Crippen LogP contribution in [0.25, 0.3) is 11.0 Å². The van der Waals surface area contributed by atoms with Gasteiger partial charge in [0.05, 0.1) is 16.8 Å². The van der Waals surface area contributed by atoms with Crippen LogP contribution in [0.5, 0.6) is 0 Å². The Balaban J connectivity index is 1.76. The van der Waals surface area contributed by atoms with E-state index >= 15 is 0 Å². The summed E-state index contributed by atoms with van der Waals surface area (Å²) in [6.45, 7) is 9.04. The third kappa shape index (κ3) is 5.07. The normalized spacial score (nSPS) is 17.7. The highest BCUT2D eigenvalue weighted by atomic mass is 32.2. The van der Waals surface area contributed by atoms with E-state index in [9.17, 15) is 9.59 Å². The van der Waals surface area contributed by atoms with Gasteiger partial charge in [0.25, 0.3) is 0 Å². The lowest BCUT2D eigenvalue weighted by Crippen LogP contribution is -2.43. The van der Waals surface area contributed by atoms with Gasteiger partial charge in [0.1, 0.15) is 6.54 Å². The largest absolute Gasteiger partial charge is 0.350 e. The molecule has 6 nitrogen and oxygen atoms in total. The second kappa shape index (κ2) is 8.55. The second-order valence-electron chi connectivity index (χ2n) is 8.49. The number of imidazole rings is 1. The Morgan fingerprint density at radius 2 is 2.00 bits per heavy atom. The van der Waals surface area contributed by atoms with Crippen LogP contribution < -0.4 is 5.32 Å². The van der Waals surface area contributed by atoms with E-state index in [1.165, 1.54) is 18.2 Å². The Kier molecular flexibility index (Phi) is 6.33. The third-order valence-corrected chi connectivity index (χ3v) is 5.84. The van der Waals surface area contributed by atoms with Gasteiger partial charge in [-0.05, 0) is 59.1 Å². The molecule has 1 aliphatic rings. The molecule has 1 aromatic carbocycles. The number of hydrogen-bond donors (Lipinski definition) is 1. The van der Waals surface area contributed by atoms with E-state index in [2.05, 4.69) is 17.2 Å². The van der Waals surface area contributed by atoms with Crippen LogP contribution in [0.1, 0.15) is 47.0 Å². The fourth-order valence-corrected chi connectivity index (χ4v) is 4.50. The van der Waals surface area contributed by atoms with Gasteiger partial charge in [-0.3, -0.25) is 9.59 Å². The number of amides is 2. The van der Waals surface area contributed by atoms with E-state index in [1.54, 1.807) is 0 Å². The maximum Gasteiger partial charge on any atom is 0.240 e. The van der Waals surface area contributed by atoms with Crippen LogP contribution in [0.15, 0.2) is 29.4 Å². The Hall–Kier alpha value is -2.02. The first-order valence-corrected chi connectivity index (χ1v) is 10.9. The van der Waals surface area contributed by atoms with Crippen LogP contribution in [-0.4, -0.2) is 50.1 Å². The van der Waals surface area contributed by atoms with E-state index in [0.717, 1.165) is 30.4 Å². The number of benzene rings is 1. The van der Waals surface area contributed by atoms with Crippen molar-refractivity contribution in [2.75, 3.05) is 12.3 Å². The van der Waals surface area contributed by atoms with E-state index in [-0.39, 0.29) is 23.9 Å². The number of likely N-dealkylation sites (tertiary alicyclic amines) is 1. The Morgan fingerprint density at radius 3 is 2.71 bits per heavy atom. The third-order valence-electron chi connectivity index (χ3n) is 4.88. The van der Waals surface area contributed by atoms with Gasteiger partial charge >= 0.3 is 0 Å². The van der Waals surface area contributed by atoms with Crippen LogP contribution in [0.4, 0.5) is 0 Å². The van der Waals surface area contributed by atoms with Crippen molar-refractivity contribution >= 4 is 34.6 Å². The SMILES string of the molecule is C[C@H]1CCCCN1C(=O)CSc1nc2ccccc2n1CC(=O)NC(C)(C)C. The number of thioether (sulfide) groups is 1. The summed E-state index contributed by atoms with van der Waals surface area (Å²) < 4.78 is 1.91. The number of nitrogens with one attached hydrogen (secondary N) is 1. The average Bonchev–Trinajstić information content (AvgIpc) is 2.96. The predicted octanol–water partition coefficient (Wildman–Crippen LogP) is 3.44. The molecule has 2 amide bonds. The zero-order valence-corrected chi connectivity index (χ0v) is 18.0. The number of carbonyl (C=O) groups is 2. The van der Waals surface area contributed by atoms with Crippen LogP contribution in [0.2, 0.25) is 0 Å². The van der Waals surface area contributed by atoms with Crippen LogP contribution in [0, 0.1) is 0 Å². The molecule has 1 N–H and O–H groups in total. The maximum absolute atomic E-state index is 12.7. The molecule has 0 radical (unpaired) electrons. The zero-order chi connectivity index (χ0) is 20.3. The van der Waals surface area contributed by atoms with Crippen LogP contribution in [0.3, 0.4) is 0 Å². The zero-order valence-electron chi connectivity index (χ0n) is 17.2. The number of fused-ring (bicyclic) bond motifs is 1. The van der Waals surface area contributed by atoms with Gasteiger partial charge in [0.15, 0.2) is 5.16 Å². The summed E-state index contributed by atoms with van der Waals surface area (Å²) in [5.41, 5.74) is 1.46. The summed E-state index contributed by atoms with van der Waals surface area (Å²) in [6.07, 6.45) is 3.34. The molecule has 2 aromatic rings. The first kappa shape index (κ1) is 20.7. The highest BCUT2D eigenvalue weighted by Crippen LogP contribution is 2.25. The van der Waals surface area contributed by atoms with Gasteiger partial charge in [-0.2, -0.15) is 0 Å². The topological polar surface area (TPSA) is 67.2 Å². The molecule has 152 valence electrons. The highest BCUT2D eigenvalue weighted by molar-refractivity contribution is 7.99. The molecule has 1 aliphatic heterocycles. The summed E-state index contributed by atoms with van der Waals surface area (Å²) in [7, 11) is 0. The number of para-hydroxylation sites is 2. The summed E-state index contributed by atoms with van der Waals surface area (Å²) >= 11 is 1.42. The first-order valence-electron chi connectivity index (χ1n) is 9.93. The van der Waals surface area contributed by atoms with Crippen LogP contribution in [-0.2, 0) is 16.1 Å². The molecule has 0 saturated carbocycles. The van der Waals surface area contributed by atoms with Crippen molar-refractivity contribution in [3.63, 3.8) is 0 Å². The van der Waals surface area contributed by atoms with Gasteiger partial charge in [0, 0.05) is 18.1 Å². The summed E-state index contributed by atoms with van der Waals surface area (Å²) in [4.78, 5) is 31.9. The molecule has 0 bridgehead atoms. The van der Waals surface area contributed by atoms with Crippen LogP contribution >= 0.6 is 11.8 Å². The monoisotopic (exact) mass is 402 g/mol. The van der Waals surface area contributed by atoms with Gasteiger partial charge < -0.3 is 14.8 Å². The van der Waals surface area contributed by atoms with Crippen molar-refractivity contribution in [2.45, 2.75) is 70.2 Å². The smallest absolute Gasteiger partial charge is 0.240 e. The molecule has 1 atom stereocenters. The van der Waals surface area contributed by atoms with Gasteiger partial charge in [-0.25, -0.2) is 4.98 Å². The van der Waals surface area contributed by atoms with E-state index in [4.69, 9.17) is 0 Å². The molecule has 28 heavy (non-hydrogen) atoms. The van der Waals surface area contributed by atoms with Crippen molar-refractivity contribution in [1.82, 2.24) is 19.8 Å². The van der Waals surface area contributed by atoms with Gasteiger partial charge in [-0.15, -0.1) is 0 Å². The molecule has 1 aromatic heterocycles. The molecular formula is C21H30N4O2S. The minimum absolute atomic E-state index is 0.0616. The predicted molar refractivity (Wildman–Crippen MR) is 113 cm³/mol. The Bertz CT molecular complexity index is 856. The average molecular weight is 403 g/mol. The Labute approximate surface area is 171 Å². The Morgan fingerprint density at radius 1 is 1.25 bits per heavy atom. The van der Waals surface area contributed by atoms with E-state index in [0.29, 0.717) is 17.0 Å². The minimum Gasteiger partial charge on any atom is -0.350 e. The fraction of sp³-hybridized carbons (Fsp3) is 0.571. The standard InChI is InChI=1S/C21H30N4O2S/c1-15-9-7-8-12-24(15)19(27)14-28-20-22-16-10-5-6-11-17(16)25(20)13-18(26)23-21(2,3)4/h5-6,10-11,15H,7-9,12-14H2,1-4H3,(H,23,26)/t15-/m0/s1. The molecule has 2 heterocycles. The number of rotatable bonds is 5. The molecular weight excluding hydrogens is 372 g/mol. The number of aromatic nitrogens is 2. The number of piperidine rings is 1. The minimum atomic E-state index is -0.291. The molecule has 0 spiro atoms. The van der Waals surface area contributed by atoms with E-state index < -0.39 is 0 Å². The summed E-state index contributed by atoms with van der Waals surface area (Å²) in [5.74, 6) is 0.428. The molecule has 1 fully saturated rings.